The first-order valence-corrected chi connectivity index (χ1v) is 13.6. The lowest BCUT2D eigenvalue weighted by Gasteiger charge is -2.29. The molecule has 0 bridgehead atoms. The molecule has 2 aromatic carbocycles. The molecule has 1 atom stereocenters. The molecule has 1 saturated carbocycles. The molecule has 0 spiro atoms. The summed E-state index contributed by atoms with van der Waals surface area (Å²) in [4.78, 5) is 27.8. The van der Waals surface area contributed by atoms with Crippen LogP contribution < -0.4 is 19.5 Å². The van der Waals surface area contributed by atoms with Crippen LogP contribution in [0.1, 0.15) is 53.7 Å². The van der Waals surface area contributed by atoms with Gasteiger partial charge in [-0.25, -0.2) is 13.1 Å². The number of methoxy groups -OCH3 is 1. The molecular formula is C25H31N3O6S. The summed E-state index contributed by atoms with van der Waals surface area (Å²) in [5.41, 5.74) is 2.63. The van der Waals surface area contributed by atoms with Gasteiger partial charge >= 0.3 is 0 Å². The van der Waals surface area contributed by atoms with Crippen LogP contribution >= 0.6 is 0 Å². The molecule has 1 aliphatic heterocycles. The smallest absolute Gasteiger partial charge is 0.257 e. The number of carbonyl (C=O) groups is 2. The van der Waals surface area contributed by atoms with E-state index >= 15 is 0 Å². The molecule has 1 heterocycles. The Morgan fingerprint density at radius 1 is 1.20 bits per heavy atom. The van der Waals surface area contributed by atoms with Gasteiger partial charge in [0.15, 0.2) is 11.5 Å². The van der Waals surface area contributed by atoms with Crippen molar-refractivity contribution in [2.75, 3.05) is 31.8 Å². The van der Waals surface area contributed by atoms with Crippen molar-refractivity contribution < 1.29 is 27.5 Å². The first-order chi connectivity index (χ1) is 16.7. The van der Waals surface area contributed by atoms with Crippen LogP contribution in [-0.4, -0.2) is 51.6 Å². The largest absolute Gasteiger partial charge is 0.493 e. The van der Waals surface area contributed by atoms with Gasteiger partial charge in [-0.15, -0.1) is 0 Å². The first kappa shape index (κ1) is 25.0. The molecule has 1 fully saturated rings. The van der Waals surface area contributed by atoms with E-state index in [-0.39, 0.29) is 24.3 Å². The average Bonchev–Trinajstić information content (AvgIpc) is 3.61. The van der Waals surface area contributed by atoms with Crippen molar-refractivity contribution in [3.05, 3.63) is 53.1 Å². The summed E-state index contributed by atoms with van der Waals surface area (Å²) in [6.07, 6.45) is 3.20. The van der Waals surface area contributed by atoms with E-state index in [2.05, 4.69) is 10.0 Å². The van der Waals surface area contributed by atoms with Crippen molar-refractivity contribution in [2.24, 2.45) is 5.92 Å². The summed E-state index contributed by atoms with van der Waals surface area (Å²) in [6, 6.07) is 10.5. The van der Waals surface area contributed by atoms with Gasteiger partial charge in [0.1, 0.15) is 0 Å². The zero-order valence-electron chi connectivity index (χ0n) is 20.2. The lowest BCUT2D eigenvalue weighted by molar-refractivity contribution is -0.117. The average molecular weight is 502 g/mol. The maximum atomic E-state index is 13.7. The van der Waals surface area contributed by atoms with Crippen LogP contribution in [-0.2, 0) is 21.4 Å². The van der Waals surface area contributed by atoms with Crippen molar-refractivity contribution in [3.63, 3.8) is 0 Å². The molecule has 2 aromatic rings. The van der Waals surface area contributed by atoms with E-state index < -0.39 is 16.1 Å². The number of carbonyl (C=O) groups excluding carboxylic acids is 2. The molecule has 1 aliphatic carbocycles. The zero-order chi connectivity index (χ0) is 25.2. The quantitative estimate of drug-likeness (QED) is 0.489. The van der Waals surface area contributed by atoms with Gasteiger partial charge in [-0.3, -0.25) is 9.59 Å². The predicted octanol–water partition coefficient (Wildman–Crippen LogP) is 3.08. The number of hydrogen-bond donors (Lipinski definition) is 2. The number of fused-ring (bicyclic) bond motifs is 1. The number of anilines is 1. The third kappa shape index (κ3) is 5.76. The van der Waals surface area contributed by atoms with Crippen LogP contribution in [0.2, 0.25) is 0 Å². The molecule has 0 radical (unpaired) electrons. The van der Waals surface area contributed by atoms with Crippen molar-refractivity contribution in [3.8, 4) is 11.5 Å². The van der Waals surface area contributed by atoms with Gasteiger partial charge in [0.05, 0.1) is 37.3 Å². The SMILES string of the molecule is CCOc1cc(C(CCNS(C)(=O)=O)N2Cc3cccc(NC(=O)C4CC4)c3C2=O)ccc1OC. The Hall–Kier alpha value is -3.11. The molecule has 188 valence electrons. The Morgan fingerprint density at radius 3 is 2.63 bits per heavy atom. The van der Waals surface area contributed by atoms with Gasteiger partial charge in [0, 0.05) is 19.0 Å². The molecule has 2 aliphatic rings. The number of nitrogens with zero attached hydrogens (tertiary/aromatic N) is 1. The van der Waals surface area contributed by atoms with E-state index in [0.717, 1.165) is 30.2 Å². The van der Waals surface area contributed by atoms with E-state index in [1.165, 1.54) is 0 Å². The second-order valence-corrected chi connectivity index (χ2v) is 10.7. The molecule has 0 saturated heterocycles. The fraction of sp³-hybridized carbons (Fsp3) is 0.440. The highest BCUT2D eigenvalue weighted by Crippen LogP contribution is 2.39. The third-order valence-electron chi connectivity index (χ3n) is 6.20. The van der Waals surface area contributed by atoms with Crippen LogP contribution in [0, 0.1) is 5.92 Å². The molecule has 35 heavy (non-hydrogen) atoms. The lowest BCUT2D eigenvalue weighted by Crippen LogP contribution is -2.33. The van der Waals surface area contributed by atoms with Crippen molar-refractivity contribution in [1.29, 1.82) is 0 Å². The number of hydrogen-bond acceptors (Lipinski definition) is 6. The topological polar surface area (TPSA) is 114 Å². The Morgan fingerprint density at radius 2 is 1.97 bits per heavy atom. The van der Waals surface area contributed by atoms with Crippen LogP contribution in [0.3, 0.4) is 0 Å². The predicted molar refractivity (Wildman–Crippen MR) is 132 cm³/mol. The first-order valence-electron chi connectivity index (χ1n) is 11.7. The Balaban J connectivity index is 1.66. The van der Waals surface area contributed by atoms with Crippen molar-refractivity contribution >= 4 is 27.5 Å². The lowest BCUT2D eigenvalue weighted by atomic mass is 10.0. The molecule has 1 unspecified atom stereocenters. The molecule has 9 nitrogen and oxygen atoms in total. The molecule has 2 amide bonds. The Bertz CT molecular complexity index is 1230. The highest BCUT2D eigenvalue weighted by Gasteiger charge is 2.37. The molecular weight excluding hydrogens is 470 g/mol. The normalized spacial score (nSPS) is 16.1. The van der Waals surface area contributed by atoms with Gasteiger partial charge in [-0.05, 0) is 55.5 Å². The maximum Gasteiger partial charge on any atom is 0.257 e. The number of nitrogens with one attached hydrogen (secondary N) is 2. The summed E-state index contributed by atoms with van der Waals surface area (Å²) in [5, 5.41) is 2.92. The maximum absolute atomic E-state index is 13.7. The number of ether oxygens (including phenoxy) is 2. The number of sulfonamides is 1. The molecule has 2 N–H and O–H groups in total. The molecule has 4 rings (SSSR count). The summed E-state index contributed by atoms with van der Waals surface area (Å²) in [7, 11) is -1.83. The van der Waals surface area contributed by atoms with Crippen LogP contribution in [0.5, 0.6) is 11.5 Å². The van der Waals surface area contributed by atoms with E-state index in [1.54, 1.807) is 24.1 Å². The number of amides is 2. The molecule has 0 aromatic heterocycles. The Kier molecular flexibility index (Phi) is 7.32. The second-order valence-electron chi connectivity index (χ2n) is 8.85. The van der Waals surface area contributed by atoms with Crippen molar-refractivity contribution in [1.82, 2.24) is 9.62 Å². The Labute approximate surface area is 205 Å². The zero-order valence-corrected chi connectivity index (χ0v) is 21.0. The van der Waals surface area contributed by atoms with Crippen molar-refractivity contribution in [2.45, 2.75) is 38.8 Å². The van der Waals surface area contributed by atoms with E-state index in [0.29, 0.717) is 42.3 Å². The summed E-state index contributed by atoms with van der Waals surface area (Å²) < 4.78 is 37.0. The fourth-order valence-corrected chi connectivity index (χ4v) is 4.86. The number of rotatable bonds is 11. The minimum atomic E-state index is -3.39. The van der Waals surface area contributed by atoms with E-state index in [9.17, 15) is 18.0 Å². The van der Waals surface area contributed by atoms with E-state index in [1.807, 2.05) is 31.2 Å². The van der Waals surface area contributed by atoms with Gasteiger partial charge < -0.3 is 19.7 Å². The van der Waals surface area contributed by atoms with Gasteiger partial charge in [0.25, 0.3) is 5.91 Å². The van der Waals surface area contributed by atoms with Crippen LogP contribution in [0.4, 0.5) is 5.69 Å². The van der Waals surface area contributed by atoms with E-state index in [4.69, 9.17) is 9.47 Å². The standard InChI is InChI=1S/C25H31N3O6S/c1-4-34-22-14-17(10-11-21(22)33-2)20(12-13-26-35(3,31)32)28-15-18-6-5-7-19(23(18)25(28)30)27-24(29)16-8-9-16/h5-7,10-11,14,16,20,26H,4,8-9,12-13,15H2,1-3H3,(H,27,29). The highest BCUT2D eigenvalue weighted by atomic mass is 32.2. The summed E-state index contributed by atoms with van der Waals surface area (Å²) >= 11 is 0. The minimum absolute atomic E-state index is 0.0181. The minimum Gasteiger partial charge on any atom is -0.493 e. The van der Waals surface area contributed by atoms with Crippen LogP contribution in [0.15, 0.2) is 36.4 Å². The number of benzene rings is 2. The summed E-state index contributed by atoms with van der Waals surface area (Å²) in [5.74, 6) is 0.879. The summed E-state index contributed by atoms with van der Waals surface area (Å²) in [6.45, 7) is 2.82. The van der Waals surface area contributed by atoms with Gasteiger partial charge in [-0.1, -0.05) is 18.2 Å². The fourth-order valence-electron chi connectivity index (χ4n) is 4.37. The second kappa shape index (κ2) is 10.2. The highest BCUT2D eigenvalue weighted by molar-refractivity contribution is 7.88. The molecule has 10 heteroatoms. The third-order valence-corrected chi connectivity index (χ3v) is 6.93. The van der Waals surface area contributed by atoms with Gasteiger partial charge in [-0.2, -0.15) is 0 Å². The monoisotopic (exact) mass is 501 g/mol. The van der Waals surface area contributed by atoms with Gasteiger partial charge in [0.2, 0.25) is 15.9 Å². The van der Waals surface area contributed by atoms with Crippen LogP contribution in [0.25, 0.3) is 0 Å².